The van der Waals surface area contributed by atoms with Crippen LogP contribution in [0.1, 0.15) is 38.5 Å². The third kappa shape index (κ3) is 2.58. The van der Waals surface area contributed by atoms with Crippen molar-refractivity contribution in [2.75, 3.05) is 26.7 Å². The largest absolute Gasteiger partial charge is 0.356 e. The van der Waals surface area contributed by atoms with Crippen LogP contribution in [0.4, 0.5) is 0 Å². The monoisotopic (exact) mass is 235 g/mol. The van der Waals surface area contributed by atoms with Gasteiger partial charge in [-0.2, -0.15) is 0 Å². The van der Waals surface area contributed by atoms with Gasteiger partial charge in [0.25, 0.3) is 0 Å². The summed E-state index contributed by atoms with van der Waals surface area (Å²) < 4.78 is 0. The Labute approximate surface area is 105 Å². The summed E-state index contributed by atoms with van der Waals surface area (Å²) in [5.74, 6) is 3.98. The van der Waals surface area contributed by atoms with Crippen LogP contribution < -0.4 is 5.32 Å². The molecule has 1 aliphatic heterocycles. The summed E-state index contributed by atoms with van der Waals surface area (Å²) in [4.78, 5) is 6.96. The first-order valence-corrected chi connectivity index (χ1v) is 7.32. The quantitative estimate of drug-likeness (QED) is 0.586. The normalized spacial score (nSPS) is 33.7. The van der Waals surface area contributed by atoms with Gasteiger partial charge in [0, 0.05) is 26.7 Å². The third-order valence-corrected chi connectivity index (χ3v) is 4.73. The van der Waals surface area contributed by atoms with Crippen LogP contribution in [0.3, 0.4) is 0 Å². The van der Waals surface area contributed by atoms with Crippen LogP contribution in [-0.2, 0) is 0 Å². The molecule has 0 spiro atoms. The summed E-state index contributed by atoms with van der Waals surface area (Å²) in [6, 6.07) is 0. The van der Waals surface area contributed by atoms with Crippen molar-refractivity contribution in [3.63, 3.8) is 0 Å². The first kappa shape index (κ1) is 11.4. The summed E-state index contributed by atoms with van der Waals surface area (Å²) in [6.45, 7) is 3.63. The van der Waals surface area contributed by atoms with Gasteiger partial charge in [0.05, 0.1) is 0 Å². The highest BCUT2D eigenvalue weighted by Gasteiger charge is 2.35. The van der Waals surface area contributed by atoms with Crippen molar-refractivity contribution in [2.24, 2.45) is 22.7 Å². The van der Waals surface area contributed by atoms with E-state index < -0.39 is 0 Å². The van der Waals surface area contributed by atoms with Crippen molar-refractivity contribution in [1.29, 1.82) is 0 Å². The van der Waals surface area contributed by atoms with Crippen molar-refractivity contribution in [3.05, 3.63) is 0 Å². The van der Waals surface area contributed by atoms with Crippen LogP contribution in [0.15, 0.2) is 4.99 Å². The molecule has 96 valence electrons. The van der Waals surface area contributed by atoms with E-state index in [0.29, 0.717) is 0 Å². The number of nitrogens with one attached hydrogen (secondary N) is 1. The smallest absolute Gasteiger partial charge is 0.193 e. The molecule has 3 rings (SSSR count). The number of fused-ring (bicyclic) bond motifs is 1. The lowest BCUT2D eigenvalue weighted by Crippen LogP contribution is -2.41. The topological polar surface area (TPSA) is 27.6 Å². The van der Waals surface area contributed by atoms with Crippen LogP contribution in [0, 0.1) is 17.8 Å². The Morgan fingerprint density at radius 1 is 1.12 bits per heavy atom. The molecule has 2 aliphatic carbocycles. The summed E-state index contributed by atoms with van der Waals surface area (Å²) >= 11 is 0. The standard InChI is InChI=1S/C14H25N3/c1-15-14(16-8-11-6-7-11)17-9-12-4-2-3-5-13(12)10-17/h11-13H,2-10H2,1H3,(H,15,16). The van der Waals surface area contributed by atoms with E-state index in [0.717, 1.165) is 30.3 Å². The Hall–Kier alpha value is -0.730. The maximum absolute atomic E-state index is 4.46. The van der Waals surface area contributed by atoms with E-state index in [-0.39, 0.29) is 0 Å². The summed E-state index contributed by atoms with van der Waals surface area (Å²) in [6.07, 6.45) is 8.61. The molecule has 3 heteroatoms. The molecule has 1 saturated heterocycles. The molecule has 0 aromatic heterocycles. The molecule has 1 heterocycles. The van der Waals surface area contributed by atoms with Gasteiger partial charge in [0.2, 0.25) is 0 Å². The van der Waals surface area contributed by atoms with Gasteiger partial charge in [-0.05, 0) is 43.4 Å². The zero-order valence-corrected chi connectivity index (χ0v) is 11.0. The molecule has 0 radical (unpaired) electrons. The summed E-state index contributed by atoms with van der Waals surface area (Å²) in [5, 5.41) is 3.56. The number of guanidine groups is 1. The van der Waals surface area contributed by atoms with Crippen molar-refractivity contribution < 1.29 is 0 Å². The first-order valence-electron chi connectivity index (χ1n) is 7.32. The van der Waals surface area contributed by atoms with E-state index in [9.17, 15) is 0 Å². The number of rotatable bonds is 2. The second kappa shape index (κ2) is 4.87. The molecule has 3 aliphatic rings. The van der Waals surface area contributed by atoms with E-state index in [2.05, 4.69) is 15.2 Å². The Bertz CT molecular complexity index is 282. The number of nitrogens with zero attached hydrogens (tertiary/aromatic N) is 2. The molecular formula is C14H25N3. The lowest BCUT2D eigenvalue weighted by molar-refractivity contribution is 0.299. The van der Waals surface area contributed by atoms with Gasteiger partial charge in [-0.25, -0.2) is 0 Å². The fourth-order valence-corrected chi connectivity index (χ4v) is 3.47. The predicted molar refractivity (Wildman–Crippen MR) is 71.1 cm³/mol. The predicted octanol–water partition coefficient (Wildman–Crippen LogP) is 2.09. The Morgan fingerprint density at radius 2 is 1.76 bits per heavy atom. The van der Waals surface area contributed by atoms with Crippen LogP contribution in [0.2, 0.25) is 0 Å². The fraction of sp³-hybridized carbons (Fsp3) is 0.929. The minimum absolute atomic E-state index is 0.927. The minimum atomic E-state index is 0.927. The van der Waals surface area contributed by atoms with E-state index in [1.807, 2.05) is 7.05 Å². The molecule has 17 heavy (non-hydrogen) atoms. The maximum atomic E-state index is 4.46. The molecule has 2 atom stereocenters. The van der Waals surface area contributed by atoms with Gasteiger partial charge in [-0.1, -0.05) is 12.8 Å². The molecule has 0 aromatic rings. The van der Waals surface area contributed by atoms with Crippen molar-refractivity contribution >= 4 is 5.96 Å². The van der Waals surface area contributed by atoms with E-state index in [1.54, 1.807) is 0 Å². The Morgan fingerprint density at radius 3 is 2.29 bits per heavy atom. The van der Waals surface area contributed by atoms with E-state index in [4.69, 9.17) is 0 Å². The van der Waals surface area contributed by atoms with Gasteiger partial charge in [-0.15, -0.1) is 0 Å². The van der Waals surface area contributed by atoms with Gasteiger partial charge < -0.3 is 10.2 Å². The van der Waals surface area contributed by atoms with Gasteiger partial charge in [0.15, 0.2) is 5.96 Å². The lowest BCUT2D eigenvalue weighted by Gasteiger charge is -2.22. The molecule has 3 fully saturated rings. The Kier molecular flexibility index (Phi) is 3.26. The maximum Gasteiger partial charge on any atom is 0.193 e. The first-order chi connectivity index (χ1) is 8.36. The molecular weight excluding hydrogens is 210 g/mol. The molecule has 0 bridgehead atoms. The van der Waals surface area contributed by atoms with Gasteiger partial charge in [0.1, 0.15) is 0 Å². The highest BCUT2D eigenvalue weighted by atomic mass is 15.3. The van der Waals surface area contributed by atoms with Crippen LogP contribution in [0.5, 0.6) is 0 Å². The third-order valence-electron chi connectivity index (χ3n) is 4.73. The molecule has 0 amide bonds. The molecule has 1 N–H and O–H groups in total. The number of hydrogen-bond acceptors (Lipinski definition) is 1. The summed E-state index contributed by atoms with van der Waals surface area (Å²) in [7, 11) is 1.93. The SMILES string of the molecule is CN=C(NCC1CC1)N1CC2CCCCC2C1. The van der Waals surface area contributed by atoms with E-state index in [1.165, 1.54) is 51.6 Å². The highest BCUT2D eigenvalue weighted by molar-refractivity contribution is 5.80. The van der Waals surface area contributed by atoms with Crippen molar-refractivity contribution in [1.82, 2.24) is 10.2 Å². The average Bonchev–Trinajstić information content (AvgIpc) is 3.08. The molecule has 3 nitrogen and oxygen atoms in total. The van der Waals surface area contributed by atoms with Gasteiger partial charge >= 0.3 is 0 Å². The zero-order chi connectivity index (χ0) is 11.7. The van der Waals surface area contributed by atoms with Gasteiger partial charge in [-0.3, -0.25) is 4.99 Å². The van der Waals surface area contributed by atoms with Crippen LogP contribution >= 0.6 is 0 Å². The minimum Gasteiger partial charge on any atom is -0.356 e. The number of likely N-dealkylation sites (tertiary alicyclic amines) is 1. The second-order valence-electron chi connectivity index (χ2n) is 6.08. The zero-order valence-electron chi connectivity index (χ0n) is 11.0. The fourth-order valence-electron chi connectivity index (χ4n) is 3.47. The average molecular weight is 235 g/mol. The lowest BCUT2D eigenvalue weighted by atomic mass is 9.82. The van der Waals surface area contributed by atoms with Crippen LogP contribution in [0.25, 0.3) is 0 Å². The molecule has 2 saturated carbocycles. The highest BCUT2D eigenvalue weighted by Crippen LogP contribution is 2.36. The molecule has 2 unspecified atom stereocenters. The number of aliphatic imine (C=N–C) groups is 1. The van der Waals surface area contributed by atoms with Crippen molar-refractivity contribution in [2.45, 2.75) is 38.5 Å². The number of hydrogen-bond donors (Lipinski definition) is 1. The summed E-state index contributed by atoms with van der Waals surface area (Å²) in [5.41, 5.74) is 0. The van der Waals surface area contributed by atoms with E-state index >= 15 is 0 Å². The Balaban J connectivity index is 1.55. The van der Waals surface area contributed by atoms with Crippen LogP contribution in [-0.4, -0.2) is 37.5 Å². The second-order valence-corrected chi connectivity index (χ2v) is 6.08. The molecule has 0 aromatic carbocycles. The van der Waals surface area contributed by atoms with Crippen molar-refractivity contribution in [3.8, 4) is 0 Å².